The first-order valence-corrected chi connectivity index (χ1v) is 1.81. The van der Waals surface area contributed by atoms with Gasteiger partial charge in [0.25, 0.3) is 0 Å². The average molecular weight is 98.1 g/mol. The number of methoxy groups -OCH3 is 1. The number of nitriles is 1. The Morgan fingerprint density at radius 2 is 2.71 bits per heavy atom. The smallest absolute Gasteiger partial charge is 0.205 e. The van der Waals surface area contributed by atoms with Gasteiger partial charge in [0.1, 0.15) is 0 Å². The maximum absolute atomic E-state index is 7.79. The van der Waals surface area contributed by atoms with Crippen molar-refractivity contribution >= 4 is 6.21 Å². The van der Waals surface area contributed by atoms with Crippen LogP contribution in [0.3, 0.4) is 0 Å². The van der Waals surface area contributed by atoms with Crippen LogP contribution in [-0.2, 0) is 4.74 Å². The molecule has 0 aliphatic rings. The molecule has 0 aliphatic carbocycles. The Kier molecular flexibility index (Phi) is 4.48. The number of rotatable bonds is 2. The van der Waals surface area contributed by atoms with Crippen LogP contribution in [0.5, 0.6) is 0 Å². The van der Waals surface area contributed by atoms with Crippen molar-refractivity contribution in [3.8, 4) is 6.19 Å². The van der Waals surface area contributed by atoms with E-state index in [1.165, 1.54) is 6.21 Å². The molecule has 7 heavy (non-hydrogen) atoms. The lowest BCUT2D eigenvalue weighted by atomic mass is 10.8. The molecule has 0 aromatic rings. The van der Waals surface area contributed by atoms with E-state index >= 15 is 0 Å². The molecule has 0 atom stereocenters. The van der Waals surface area contributed by atoms with Crippen molar-refractivity contribution in [3.63, 3.8) is 0 Å². The van der Waals surface area contributed by atoms with Crippen molar-refractivity contribution in [2.45, 2.75) is 0 Å². The quantitative estimate of drug-likeness (QED) is 0.365. The van der Waals surface area contributed by atoms with Crippen LogP contribution in [0.15, 0.2) is 4.99 Å². The van der Waals surface area contributed by atoms with Gasteiger partial charge in [0.05, 0.1) is 6.61 Å². The summed E-state index contributed by atoms with van der Waals surface area (Å²) in [5, 5.41) is 7.79. The normalized spacial score (nSPS) is 9.14. The summed E-state index contributed by atoms with van der Waals surface area (Å²) < 4.78 is 4.54. The van der Waals surface area contributed by atoms with E-state index in [9.17, 15) is 0 Å². The van der Waals surface area contributed by atoms with Gasteiger partial charge in [-0.25, -0.2) is 0 Å². The SMILES string of the molecule is COC/C=N/C#N. The Balaban J connectivity index is 2.97. The average Bonchev–Trinajstić information content (AvgIpc) is 1.69. The van der Waals surface area contributed by atoms with Gasteiger partial charge >= 0.3 is 0 Å². The van der Waals surface area contributed by atoms with E-state index in [1.54, 1.807) is 13.3 Å². The molecule has 3 heteroatoms. The third kappa shape index (κ3) is 5.12. The van der Waals surface area contributed by atoms with Gasteiger partial charge < -0.3 is 4.74 Å². The minimum atomic E-state index is 0.410. The van der Waals surface area contributed by atoms with E-state index in [2.05, 4.69) is 9.73 Å². The van der Waals surface area contributed by atoms with Gasteiger partial charge in [-0.05, 0) is 0 Å². The highest BCUT2D eigenvalue weighted by Crippen LogP contribution is 1.59. The summed E-state index contributed by atoms with van der Waals surface area (Å²) in [7, 11) is 1.55. The van der Waals surface area contributed by atoms with Crippen LogP contribution in [0.4, 0.5) is 0 Å². The molecule has 0 bridgehead atoms. The zero-order valence-corrected chi connectivity index (χ0v) is 4.09. The van der Waals surface area contributed by atoms with Crippen LogP contribution >= 0.6 is 0 Å². The largest absolute Gasteiger partial charge is 0.379 e. The molecule has 0 fully saturated rings. The summed E-state index contributed by atoms with van der Waals surface area (Å²) in [4.78, 5) is 3.22. The first kappa shape index (κ1) is 6.12. The molecule has 0 rings (SSSR count). The number of aliphatic imine (C=N–C) groups is 1. The standard InChI is InChI=1S/C4H6N2O/c1-7-3-2-6-4-5/h2H,3H2,1H3/b6-2+. The zero-order chi connectivity index (χ0) is 5.54. The molecule has 0 aliphatic heterocycles. The van der Waals surface area contributed by atoms with Gasteiger partial charge in [0.2, 0.25) is 6.19 Å². The summed E-state index contributed by atoms with van der Waals surface area (Å²) >= 11 is 0. The highest BCUT2D eigenvalue weighted by Gasteiger charge is 1.66. The molecule has 0 aromatic heterocycles. The molecule has 0 radical (unpaired) electrons. The molecule has 3 nitrogen and oxygen atoms in total. The third-order valence-corrected chi connectivity index (χ3v) is 0.390. The fourth-order valence-electron chi connectivity index (χ4n) is 0.153. The number of hydrogen-bond acceptors (Lipinski definition) is 3. The monoisotopic (exact) mass is 98.0 g/mol. The van der Waals surface area contributed by atoms with Crippen molar-refractivity contribution in [2.75, 3.05) is 13.7 Å². The van der Waals surface area contributed by atoms with Crippen molar-refractivity contribution in [2.24, 2.45) is 4.99 Å². The van der Waals surface area contributed by atoms with Gasteiger partial charge in [0, 0.05) is 13.3 Å². The molecule has 0 unspecified atom stereocenters. The lowest BCUT2D eigenvalue weighted by Crippen LogP contribution is -1.86. The summed E-state index contributed by atoms with van der Waals surface area (Å²) in [5.74, 6) is 0. The van der Waals surface area contributed by atoms with E-state index in [4.69, 9.17) is 5.26 Å². The molecule has 0 amide bonds. The van der Waals surface area contributed by atoms with E-state index < -0.39 is 0 Å². The summed E-state index contributed by atoms with van der Waals surface area (Å²) in [6, 6.07) is 0. The van der Waals surface area contributed by atoms with Gasteiger partial charge in [-0.15, -0.1) is 0 Å². The summed E-state index contributed by atoms with van der Waals surface area (Å²) in [5.41, 5.74) is 0. The van der Waals surface area contributed by atoms with Gasteiger partial charge in [0.15, 0.2) is 0 Å². The van der Waals surface area contributed by atoms with E-state index in [1.807, 2.05) is 0 Å². The number of ether oxygens (including phenoxy) is 1. The summed E-state index contributed by atoms with van der Waals surface area (Å²) in [6.07, 6.45) is 2.99. The summed E-state index contributed by atoms with van der Waals surface area (Å²) in [6.45, 7) is 0.410. The molecule has 0 saturated carbocycles. The number of nitrogens with zero attached hydrogens (tertiary/aromatic N) is 2. The fraction of sp³-hybridized carbons (Fsp3) is 0.500. The molecular weight excluding hydrogens is 92.1 g/mol. The van der Waals surface area contributed by atoms with Gasteiger partial charge in [-0.2, -0.15) is 10.3 Å². The first-order valence-electron chi connectivity index (χ1n) is 1.81. The number of hydrogen-bond donors (Lipinski definition) is 0. The van der Waals surface area contributed by atoms with E-state index in [0.29, 0.717) is 6.61 Å². The first-order chi connectivity index (χ1) is 3.41. The van der Waals surface area contributed by atoms with Crippen molar-refractivity contribution < 1.29 is 4.74 Å². The van der Waals surface area contributed by atoms with E-state index in [0.717, 1.165) is 0 Å². The minimum Gasteiger partial charge on any atom is -0.379 e. The second-order valence-electron chi connectivity index (χ2n) is 0.867. The van der Waals surface area contributed by atoms with E-state index in [-0.39, 0.29) is 0 Å². The van der Waals surface area contributed by atoms with Crippen LogP contribution in [0.25, 0.3) is 0 Å². The second-order valence-corrected chi connectivity index (χ2v) is 0.867. The van der Waals surface area contributed by atoms with Gasteiger partial charge in [-0.1, -0.05) is 0 Å². The van der Waals surface area contributed by atoms with Crippen molar-refractivity contribution in [1.82, 2.24) is 0 Å². The molecule has 0 spiro atoms. The lowest BCUT2D eigenvalue weighted by Gasteiger charge is -1.80. The molecule has 0 N–H and O–H groups in total. The van der Waals surface area contributed by atoms with Crippen LogP contribution < -0.4 is 0 Å². The van der Waals surface area contributed by atoms with Crippen LogP contribution in [0.2, 0.25) is 0 Å². The van der Waals surface area contributed by atoms with Crippen molar-refractivity contribution in [1.29, 1.82) is 5.26 Å². The third-order valence-electron chi connectivity index (χ3n) is 0.390. The minimum absolute atomic E-state index is 0.410. The maximum atomic E-state index is 7.79. The van der Waals surface area contributed by atoms with Crippen LogP contribution in [-0.4, -0.2) is 19.9 Å². The second kappa shape index (κ2) is 5.12. The Morgan fingerprint density at radius 3 is 3.14 bits per heavy atom. The molecule has 0 aromatic carbocycles. The maximum Gasteiger partial charge on any atom is 0.205 e. The van der Waals surface area contributed by atoms with Gasteiger partial charge in [-0.3, -0.25) is 0 Å². The highest BCUT2D eigenvalue weighted by molar-refractivity contribution is 5.59. The molecule has 0 saturated heterocycles. The molecule has 0 heterocycles. The predicted molar refractivity (Wildman–Crippen MR) is 26.0 cm³/mol. The lowest BCUT2D eigenvalue weighted by molar-refractivity contribution is 0.248. The molecule has 38 valence electrons. The predicted octanol–water partition coefficient (Wildman–Crippen LogP) is 0.185. The van der Waals surface area contributed by atoms with Crippen LogP contribution in [0.1, 0.15) is 0 Å². The fourth-order valence-corrected chi connectivity index (χ4v) is 0.153. The van der Waals surface area contributed by atoms with Crippen molar-refractivity contribution in [3.05, 3.63) is 0 Å². The topological polar surface area (TPSA) is 45.4 Å². The Labute approximate surface area is 42.2 Å². The van der Waals surface area contributed by atoms with Crippen LogP contribution in [0, 0.1) is 11.5 Å². The Hall–Kier alpha value is -0.880. The zero-order valence-electron chi connectivity index (χ0n) is 4.09. The Morgan fingerprint density at radius 1 is 2.00 bits per heavy atom. The molecular formula is C4H6N2O. The Bertz CT molecular complexity index is 92.4. The highest BCUT2D eigenvalue weighted by atomic mass is 16.5.